The van der Waals surface area contributed by atoms with Crippen LogP contribution in [0.15, 0.2) is 36.4 Å². The van der Waals surface area contributed by atoms with Crippen molar-refractivity contribution in [2.45, 2.75) is 57.3 Å². The van der Waals surface area contributed by atoms with Crippen molar-refractivity contribution in [1.29, 1.82) is 0 Å². The second kappa shape index (κ2) is 11.7. The van der Waals surface area contributed by atoms with Crippen LogP contribution in [-0.4, -0.2) is 43.4 Å². The molecule has 2 amide bonds. The van der Waals surface area contributed by atoms with E-state index in [0.29, 0.717) is 12.1 Å². The van der Waals surface area contributed by atoms with Crippen LogP contribution in [0.25, 0.3) is 0 Å². The van der Waals surface area contributed by atoms with Crippen molar-refractivity contribution < 1.29 is 58.6 Å². The van der Waals surface area contributed by atoms with E-state index in [-0.39, 0.29) is 30.3 Å². The number of benzene rings is 2. The van der Waals surface area contributed by atoms with Crippen LogP contribution in [0.2, 0.25) is 0 Å². The quantitative estimate of drug-likeness (QED) is 0.317. The number of anilines is 1. The Hall–Kier alpha value is -3.65. The van der Waals surface area contributed by atoms with Gasteiger partial charge in [0.05, 0.1) is 36.1 Å². The predicted octanol–water partition coefficient (Wildman–Crippen LogP) is 7.85. The number of hydrogen-bond acceptors (Lipinski definition) is 4. The van der Waals surface area contributed by atoms with Crippen molar-refractivity contribution >= 4 is 17.9 Å². The van der Waals surface area contributed by atoms with Crippen molar-refractivity contribution in [3.8, 4) is 0 Å². The molecule has 2 aromatic carbocycles. The molecular weight excluding hydrogens is 575 g/mol. The van der Waals surface area contributed by atoms with Crippen LogP contribution < -0.4 is 4.90 Å². The lowest BCUT2D eigenvalue weighted by atomic mass is 9.91. The topological polar surface area (TPSA) is 59.1 Å². The minimum absolute atomic E-state index is 0.00588. The fourth-order valence-electron chi connectivity index (χ4n) is 4.83. The van der Waals surface area contributed by atoms with Crippen LogP contribution >= 0.6 is 0 Å². The maximum absolute atomic E-state index is 13.6. The average Bonchev–Trinajstić information content (AvgIpc) is 3.18. The van der Waals surface area contributed by atoms with Gasteiger partial charge in [-0.05, 0) is 60.9 Å². The summed E-state index contributed by atoms with van der Waals surface area (Å²) in [5, 5.41) is 0. The van der Waals surface area contributed by atoms with Gasteiger partial charge in [-0.3, -0.25) is 4.90 Å². The number of halogens is 9. The Morgan fingerprint density at radius 1 is 0.854 bits per heavy atom. The highest BCUT2D eigenvalue weighted by molar-refractivity contribution is 5.92. The maximum Gasteiger partial charge on any atom is 0.416 e. The first-order chi connectivity index (χ1) is 18.9. The van der Waals surface area contributed by atoms with E-state index < -0.39 is 78.0 Å². The van der Waals surface area contributed by atoms with E-state index in [9.17, 15) is 49.1 Å². The first-order valence-corrected chi connectivity index (χ1v) is 12.2. The summed E-state index contributed by atoms with van der Waals surface area (Å²) >= 11 is 0. The average molecular weight is 600 g/mol. The molecule has 1 heterocycles. The summed E-state index contributed by atoms with van der Waals surface area (Å²) in [4.78, 5) is 27.4. The third-order valence-corrected chi connectivity index (χ3v) is 6.56. The Bertz CT molecular complexity index is 1240. The number of ether oxygens (including phenoxy) is 2. The molecule has 1 aliphatic heterocycles. The van der Waals surface area contributed by atoms with Crippen molar-refractivity contribution in [3.05, 3.63) is 64.2 Å². The summed E-state index contributed by atoms with van der Waals surface area (Å²) in [5.41, 5.74) is -4.75. The molecule has 0 aliphatic carbocycles. The molecule has 0 bridgehead atoms. The lowest BCUT2D eigenvalue weighted by Gasteiger charge is -2.31. The lowest BCUT2D eigenvalue weighted by Crippen LogP contribution is -2.43. The molecule has 6 nitrogen and oxygen atoms in total. The number of carbonyl (C=O) groups is 2. The van der Waals surface area contributed by atoms with E-state index in [2.05, 4.69) is 0 Å². The Morgan fingerprint density at radius 3 is 1.88 bits per heavy atom. The molecule has 226 valence electrons. The molecule has 0 N–H and O–H groups in total. The summed E-state index contributed by atoms with van der Waals surface area (Å²) in [7, 11) is 0.926. The largest absolute Gasteiger partial charge is 0.453 e. The number of amides is 2. The first-order valence-electron chi connectivity index (χ1n) is 12.2. The van der Waals surface area contributed by atoms with E-state index in [0.717, 1.165) is 35.1 Å². The number of methoxy groups -OCH3 is 1. The van der Waals surface area contributed by atoms with Crippen LogP contribution in [0.3, 0.4) is 0 Å². The smallest absolute Gasteiger partial charge is 0.416 e. The molecule has 2 atom stereocenters. The fraction of sp³-hybridized carbons (Fsp3) is 0.462. The molecule has 0 saturated carbocycles. The van der Waals surface area contributed by atoms with Gasteiger partial charge >= 0.3 is 30.7 Å². The number of fused-ring (bicyclic) bond motifs is 1. The molecule has 0 fully saturated rings. The summed E-state index contributed by atoms with van der Waals surface area (Å²) in [6, 6.07) is 2.58. The molecule has 0 aromatic heterocycles. The highest BCUT2D eigenvalue weighted by Crippen LogP contribution is 2.46. The monoisotopic (exact) mass is 600 g/mol. The number of hydrogen-bond donors (Lipinski definition) is 0. The van der Waals surface area contributed by atoms with Gasteiger partial charge in [0.1, 0.15) is 0 Å². The maximum atomic E-state index is 13.6. The van der Waals surface area contributed by atoms with E-state index in [1.54, 1.807) is 6.92 Å². The van der Waals surface area contributed by atoms with Gasteiger partial charge in [-0.1, -0.05) is 6.92 Å². The molecule has 1 aliphatic rings. The second-order valence-electron chi connectivity index (χ2n) is 9.19. The molecule has 15 heteroatoms. The normalized spacial score (nSPS) is 17.3. The van der Waals surface area contributed by atoms with E-state index in [1.165, 1.54) is 6.92 Å². The lowest BCUT2D eigenvalue weighted by molar-refractivity contribution is -0.143. The zero-order chi connectivity index (χ0) is 30.9. The highest BCUT2D eigenvalue weighted by Gasteiger charge is 2.45. The second-order valence-corrected chi connectivity index (χ2v) is 9.19. The molecular formula is C26H25F9N2O4. The molecule has 3 rings (SSSR count). The zero-order valence-electron chi connectivity index (χ0n) is 21.9. The van der Waals surface area contributed by atoms with Crippen molar-refractivity contribution in [1.82, 2.24) is 4.90 Å². The summed E-state index contributed by atoms with van der Waals surface area (Å²) in [5.74, 6) is -1.03. The molecule has 0 spiro atoms. The molecule has 2 unspecified atom stereocenters. The molecule has 41 heavy (non-hydrogen) atoms. The minimum Gasteiger partial charge on any atom is -0.453 e. The number of alkyl halides is 9. The number of nitrogens with zero attached hydrogens (tertiary/aromatic N) is 2. The van der Waals surface area contributed by atoms with Crippen LogP contribution in [-0.2, 0) is 34.5 Å². The Balaban J connectivity index is 2.11. The van der Waals surface area contributed by atoms with E-state index in [1.807, 2.05) is 0 Å². The Labute approximate surface area is 228 Å². The number of rotatable bonds is 6. The molecule has 2 aromatic rings. The van der Waals surface area contributed by atoms with Gasteiger partial charge in [0.25, 0.3) is 0 Å². The van der Waals surface area contributed by atoms with Gasteiger partial charge < -0.3 is 14.4 Å². The van der Waals surface area contributed by atoms with Gasteiger partial charge in [-0.25, -0.2) is 9.59 Å². The highest BCUT2D eigenvalue weighted by atomic mass is 19.4. The Morgan fingerprint density at radius 2 is 1.41 bits per heavy atom. The van der Waals surface area contributed by atoms with Gasteiger partial charge in [0.15, 0.2) is 0 Å². The van der Waals surface area contributed by atoms with Gasteiger partial charge in [-0.2, -0.15) is 39.5 Å². The first kappa shape index (κ1) is 31.9. The van der Waals surface area contributed by atoms with Crippen LogP contribution in [0.4, 0.5) is 54.8 Å². The minimum atomic E-state index is -5.14. The van der Waals surface area contributed by atoms with Crippen LogP contribution in [0, 0.1) is 0 Å². The van der Waals surface area contributed by atoms with Crippen molar-refractivity contribution in [2.24, 2.45) is 0 Å². The van der Waals surface area contributed by atoms with Gasteiger partial charge in [0, 0.05) is 25.0 Å². The van der Waals surface area contributed by atoms with E-state index in [4.69, 9.17) is 9.47 Å². The van der Waals surface area contributed by atoms with Crippen molar-refractivity contribution in [2.75, 3.05) is 25.2 Å². The standard InChI is InChI=1S/C26H25F9N2O4/c1-4-20-19(18-11-15(24(27,28)29)6-7-21(18)37(20)23(39)41-5-2)13-36(22(38)40-3)12-14-8-16(25(30,31)32)10-17(9-14)26(33,34)35/h6-11,19-20H,4-5,12-13H2,1-3H3. The number of carbonyl (C=O) groups excluding carboxylic acids is 2. The summed E-state index contributed by atoms with van der Waals surface area (Å²) < 4.78 is 131. The molecule has 0 saturated heterocycles. The van der Waals surface area contributed by atoms with Crippen LogP contribution in [0.5, 0.6) is 0 Å². The predicted molar refractivity (Wildman–Crippen MR) is 127 cm³/mol. The van der Waals surface area contributed by atoms with E-state index >= 15 is 0 Å². The van der Waals surface area contributed by atoms with Gasteiger partial charge in [-0.15, -0.1) is 0 Å². The Kier molecular flexibility index (Phi) is 9.08. The fourth-order valence-corrected chi connectivity index (χ4v) is 4.83. The SMILES string of the molecule is CCOC(=O)N1c2ccc(C(F)(F)F)cc2C(CN(Cc2cc(C(F)(F)F)cc(C(F)(F)F)c2)C(=O)OC)C1CC. The zero-order valence-corrected chi connectivity index (χ0v) is 21.9. The summed E-state index contributed by atoms with van der Waals surface area (Å²) in [6.45, 7) is 1.76. The van der Waals surface area contributed by atoms with Gasteiger partial charge in [0.2, 0.25) is 0 Å². The molecule has 0 radical (unpaired) electrons. The summed E-state index contributed by atoms with van der Waals surface area (Å²) in [6.07, 6.45) is -16.9. The third-order valence-electron chi connectivity index (χ3n) is 6.56. The van der Waals surface area contributed by atoms with Crippen LogP contribution in [0.1, 0.15) is 54.0 Å². The van der Waals surface area contributed by atoms with Crippen molar-refractivity contribution in [3.63, 3.8) is 0 Å². The third kappa shape index (κ3) is 6.99.